The first-order chi connectivity index (χ1) is 6.62. The lowest BCUT2D eigenvalue weighted by atomic mass is 9.85. The van der Waals surface area contributed by atoms with Crippen molar-refractivity contribution in [2.24, 2.45) is 0 Å². The van der Waals surface area contributed by atoms with Gasteiger partial charge in [-0.2, -0.15) is 0 Å². The Morgan fingerprint density at radius 2 is 1.60 bits per heavy atom. The Kier molecular flexibility index (Phi) is 2.92. The van der Waals surface area contributed by atoms with Crippen LogP contribution in [0.1, 0.15) is 45.7 Å². The summed E-state index contributed by atoms with van der Waals surface area (Å²) in [6.07, 6.45) is 0. The molecule has 0 unspecified atom stereocenters. The molecule has 0 amide bonds. The van der Waals surface area contributed by atoms with Crippen LogP contribution in [0.25, 0.3) is 0 Å². The molecule has 0 aliphatic carbocycles. The summed E-state index contributed by atoms with van der Waals surface area (Å²) in [6.45, 7) is 9.20. The van der Waals surface area contributed by atoms with E-state index in [0.717, 1.165) is 0 Å². The van der Waals surface area contributed by atoms with Crippen molar-refractivity contribution >= 4 is 0 Å². The molecule has 0 saturated heterocycles. The summed E-state index contributed by atoms with van der Waals surface area (Å²) >= 11 is 0. The zero-order valence-corrected chi connectivity index (χ0v) is 10.1. The van der Waals surface area contributed by atoms with E-state index in [1.807, 2.05) is 20.8 Å². The first-order valence-electron chi connectivity index (χ1n) is 5.15. The first-order valence-corrected chi connectivity index (χ1v) is 5.15. The maximum absolute atomic E-state index is 13.8. The zero-order valence-electron chi connectivity index (χ0n) is 10.1. The third-order valence-electron chi connectivity index (χ3n) is 2.48. The average Bonchev–Trinajstić information content (AvgIpc) is 1.99. The summed E-state index contributed by atoms with van der Waals surface area (Å²) in [5, 5.41) is 9.74. The van der Waals surface area contributed by atoms with Gasteiger partial charge in [0.25, 0.3) is 0 Å². The van der Waals surface area contributed by atoms with Crippen molar-refractivity contribution < 1.29 is 9.50 Å². The molecule has 1 aromatic rings. The third kappa shape index (κ3) is 2.78. The van der Waals surface area contributed by atoms with E-state index in [4.69, 9.17) is 0 Å². The Morgan fingerprint density at radius 1 is 1.07 bits per heavy atom. The summed E-state index contributed by atoms with van der Waals surface area (Å²) in [6, 6.07) is 4.95. The Bertz CT molecular complexity index is 356. The van der Waals surface area contributed by atoms with Gasteiger partial charge in [-0.25, -0.2) is 4.39 Å². The smallest absolute Gasteiger partial charge is 0.127 e. The van der Waals surface area contributed by atoms with E-state index in [2.05, 4.69) is 0 Å². The van der Waals surface area contributed by atoms with Crippen molar-refractivity contribution in [3.8, 4) is 0 Å². The highest BCUT2D eigenvalue weighted by Crippen LogP contribution is 2.28. The lowest BCUT2D eigenvalue weighted by molar-refractivity contribution is 0.0781. The van der Waals surface area contributed by atoms with Gasteiger partial charge in [0.05, 0.1) is 5.60 Å². The predicted molar refractivity (Wildman–Crippen MR) is 60.3 cm³/mol. The lowest BCUT2D eigenvalue weighted by Gasteiger charge is -2.23. The van der Waals surface area contributed by atoms with Crippen LogP contribution in [-0.4, -0.2) is 5.11 Å². The summed E-state index contributed by atoms with van der Waals surface area (Å²) < 4.78 is 13.8. The number of hydrogen-bond acceptors (Lipinski definition) is 1. The largest absolute Gasteiger partial charge is 0.386 e. The van der Waals surface area contributed by atoms with Crippen molar-refractivity contribution in [3.63, 3.8) is 0 Å². The van der Waals surface area contributed by atoms with Crippen molar-refractivity contribution in [3.05, 3.63) is 35.1 Å². The monoisotopic (exact) mass is 210 g/mol. The number of hydrogen-bond donors (Lipinski definition) is 1. The molecule has 0 bridgehead atoms. The SMILES string of the molecule is CC(C)(C)c1ccc(C(C)(C)O)cc1F. The average molecular weight is 210 g/mol. The fourth-order valence-electron chi connectivity index (χ4n) is 1.50. The van der Waals surface area contributed by atoms with E-state index in [-0.39, 0.29) is 11.2 Å². The van der Waals surface area contributed by atoms with Gasteiger partial charge >= 0.3 is 0 Å². The molecule has 0 aliphatic heterocycles. The number of benzene rings is 1. The summed E-state index contributed by atoms with van der Waals surface area (Å²) in [5.74, 6) is -0.248. The second-order valence-electron chi connectivity index (χ2n) is 5.50. The van der Waals surface area contributed by atoms with Gasteiger partial charge in [0.1, 0.15) is 5.82 Å². The Morgan fingerprint density at radius 3 is 1.93 bits per heavy atom. The van der Waals surface area contributed by atoms with Gasteiger partial charge in [0, 0.05) is 0 Å². The molecule has 0 saturated carbocycles. The highest BCUT2D eigenvalue weighted by Gasteiger charge is 2.22. The van der Waals surface area contributed by atoms with Gasteiger partial charge in [0.2, 0.25) is 0 Å². The van der Waals surface area contributed by atoms with Gasteiger partial charge < -0.3 is 5.11 Å². The molecular weight excluding hydrogens is 191 g/mol. The molecule has 1 nitrogen and oxygen atoms in total. The standard InChI is InChI=1S/C13H19FO/c1-12(2,3)10-7-6-9(8-11(10)14)13(4,5)15/h6-8,15H,1-5H3. The Hall–Kier alpha value is -0.890. The molecule has 2 heteroatoms. The fraction of sp³-hybridized carbons (Fsp3) is 0.538. The molecule has 15 heavy (non-hydrogen) atoms. The molecule has 0 aliphatic rings. The molecular formula is C13H19FO. The minimum atomic E-state index is -0.989. The van der Waals surface area contributed by atoms with Crippen molar-refractivity contribution in [1.82, 2.24) is 0 Å². The topological polar surface area (TPSA) is 20.2 Å². The molecule has 0 atom stereocenters. The van der Waals surface area contributed by atoms with E-state index >= 15 is 0 Å². The molecule has 0 heterocycles. The number of aliphatic hydroxyl groups is 1. The fourth-order valence-corrected chi connectivity index (χ4v) is 1.50. The lowest BCUT2D eigenvalue weighted by Crippen LogP contribution is -2.18. The Balaban J connectivity index is 3.21. The summed E-state index contributed by atoms with van der Waals surface area (Å²) in [5.41, 5.74) is 0.0860. The van der Waals surface area contributed by atoms with Crippen LogP contribution >= 0.6 is 0 Å². The van der Waals surface area contributed by atoms with Gasteiger partial charge in [-0.1, -0.05) is 32.9 Å². The maximum atomic E-state index is 13.8. The van der Waals surface area contributed by atoms with Crippen molar-refractivity contribution in [2.45, 2.75) is 45.6 Å². The van der Waals surface area contributed by atoms with Gasteiger partial charge in [-0.3, -0.25) is 0 Å². The van der Waals surface area contributed by atoms with Crippen LogP contribution in [0.5, 0.6) is 0 Å². The number of halogens is 1. The van der Waals surface area contributed by atoms with Crippen LogP contribution in [0.4, 0.5) is 4.39 Å². The van der Waals surface area contributed by atoms with Gasteiger partial charge in [0.15, 0.2) is 0 Å². The van der Waals surface area contributed by atoms with E-state index in [1.54, 1.807) is 26.0 Å². The Labute approximate surface area is 90.9 Å². The molecule has 1 rings (SSSR count). The zero-order chi connectivity index (χ0) is 11.9. The van der Waals surface area contributed by atoms with Gasteiger partial charge in [-0.15, -0.1) is 0 Å². The van der Waals surface area contributed by atoms with E-state index in [0.29, 0.717) is 11.1 Å². The molecule has 84 valence electrons. The van der Waals surface area contributed by atoms with Gasteiger partial charge in [-0.05, 0) is 36.5 Å². The van der Waals surface area contributed by atoms with Crippen LogP contribution in [-0.2, 0) is 11.0 Å². The minimum Gasteiger partial charge on any atom is -0.386 e. The van der Waals surface area contributed by atoms with Crippen LogP contribution in [0.15, 0.2) is 18.2 Å². The second-order valence-corrected chi connectivity index (χ2v) is 5.50. The third-order valence-corrected chi connectivity index (χ3v) is 2.48. The molecule has 1 N–H and O–H groups in total. The van der Waals surface area contributed by atoms with E-state index in [1.165, 1.54) is 6.07 Å². The quantitative estimate of drug-likeness (QED) is 0.753. The predicted octanol–water partition coefficient (Wildman–Crippen LogP) is 3.35. The highest BCUT2D eigenvalue weighted by atomic mass is 19.1. The van der Waals surface area contributed by atoms with Crippen molar-refractivity contribution in [2.75, 3.05) is 0 Å². The molecule has 0 radical (unpaired) electrons. The minimum absolute atomic E-state index is 0.206. The molecule has 0 aromatic heterocycles. The molecule has 1 aromatic carbocycles. The summed E-state index contributed by atoms with van der Waals surface area (Å²) in [4.78, 5) is 0. The molecule has 0 spiro atoms. The second kappa shape index (κ2) is 3.60. The number of rotatable bonds is 1. The normalized spacial score (nSPS) is 13.0. The van der Waals surface area contributed by atoms with E-state index in [9.17, 15) is 9.50 Å². The summed E-state index contributed by atoms with van der Waals surface area (Å²) in [7, 11) is 0. The highest BCUT2D eigenvalue weighted by molar-refractivity contribution is 5.31. The van der Waals surface area contributed by atoms with Crippen LogP contribution in [0.2, 0.25) is 0 Å². The first kappa shape index (κ1) is 12.2. The van der Waals surface area contributed by atoms with Crippen LogP contribution in [0.3, 0.4) is 0 Å². The van der Waals surface area contributed by atoms with E-state index < -0.39 is 5.60 Å². The molecule has 0 fully saturated rings. The maximum Gasteiger partial charge on any atom is 0.127 e. The van der Waals surface area contributed by atoms with Crippen molar-refractivity contribution in [1.29, 1.82) is 0 Å². The van der Waals surface area contributed by atoms with Crippen LogP contribution < -0.4 is 0 Å². The van der Waals surface area contributed by atoms with Crippen LogP contribution in [0, 0.1) is 5.82 Å².